The highest BCUT2D eigenvalue weighted by Gasteiger charge is 2.02. The van der Waals surface area contributed by atoms with Crippen LogP contribution >= 0.6 is 0 Å². The van der Waals surface area contributed by atoms with Crippen molar-refractivity contribution < 1.29 is 4.39 Å². The van der Waals surface area contributed by atoms with Gasteiger partial charge in [-0.15, -0.1) is 0 Å². The number of hydrogen-bond acceptors (Lipinski definition) is 2. The summed E-state index contributed by atoms with van der Waals surface area (Å²) in [5.74, 6) is -0.267. The summed E-state index contributed by atoms with van der Waals surface area (Å²) < 4.78 is 14.4. The number of halogens is 1. The van der Waals surface area contributed by atoms with E-state index in [0.29, 0.717) is 0 Å². The zero-order valence-corrected chi connectivity index (χ0v) is 7.11. The first-order valence-corrected chi connectivity index (χ1v) is 3.88. The van der Waals surface area contributed by atoms with Gasteiger partial charge in [-0.3, -0.25) is 0 Å². The molecule has 0 aliphatic carbocycles. The Hall–Kier alpha value is -1.71. The van der Waals surface area contributed by atoms with Crippen LogP contribution in [0.5, 0.6) is 0 Å². The van der Waals surface area contributed by atoms with Crippen molar-refractivity contribution >= 4 is 0 Å². The van der Waals surface area contributed by atoms with Crippen LogP contribution in [-0.4, -0.2) is 14.8 Å². The fourth-order valence-corrected chi connectivity index (χ4v) is 1.16. The fourth-order valence-electron chi connectivity index (χ4n) is 1.16. The van der Waals surface area contributed by atoms with Gasteiger partial charge in [-0.2, -0.15) is 5.10 Å². The summed E-state index contributed by atoms with van der Waals surface area (Å²) in [5.41, 5.74) is 1.68. The van der Waals surface area contributed by atoms with Crippen LogP contribution in [0.15, 0.2) is 30.9 Å². The molecule has 1 heterocycles. The normalized spacial score (nSPS) is 10.3. The molecule has 0 bridgehead atoms. The lowest BCUT2D eigenvalue weighted by Crippen LogP contribution is -1.97. The molecule has 0 saturated carbocycles. The molecule has 2 aromatic rings. The molecule has 0 N–H and O–H groups in total. The number of benzene rings is 1. The molecule has 0 fully saturated rings. The summed E-state index contributed by atoms with van der Waals surface area (Å²) in [6.07, 6.45) is 2.96. The Morgan fingerprint density at radius 2 is 2.23 bits per heavy atom. The summed E-state index contributed by atoms with van der Waals surface area (Å²) in [6, 6.07) is 4.58. The van der Waals surface area contributed by atoms with Crippen molar-refractivity contribution in [1.82, 2.24) is 14.8 Å². The second kappa shape index (κ2) is 2.97. The molecule has 0 amide bonds. The first kappa shape index (κ1) is 7.91. The van der Waals surface area contributed by atoms with Gasteiger partial charge in [-0.05, 0) is 24.6 Å². The minimum absolute atomic E-state index is 0.267. The molecule has 0 radical (unpaired) electrons. The lowest BCUT2D eigenvalue weighted by Gasteiger charge is -2.03. The number of aromatic nitrogens is 3. The summed E-state index contributed by atoms with van der Waals surface area (Å²) in [7, 11) is 0. The van der Waals surface area contributed by atoms with E-state index in [1.807, 2.05) is 6.92 Å². The van der Waals surface area contributed by atoms with Crippen LogP contribution in [0.2, 0.25) is 0 Å². The lowest BCUT2D eigenvalue weighted by atomic mass is 10.2. The molecule has 0 saturated heterocycles. The zero-order valence-electron chi connectivity index (χ0n) is 7.11. The highest BCUT2D eigenvalue weighted by atomic mass is 19.1. The van der Waals surface area contributed by atoms with Gasteiger partial charge >= 0.3 is 0 Å². The predicted molar refractivity (Wildman–Crippen MR) is 46.1 cm³/mol. The van der Waals surface area contributed by atoms with Crippen LogP contribution in [0.3, 0.4) is 0 Å². The lowest BCUT2D eigenvalue weighted by molar-refractivity contribution is 0.624. The van der Waals surface area contributed by atoms with Gasteiger partial charge in [0.2, 0.25) is 0 Å². The Balaban J connectivity index is 2.57. The van der Waals surface area contributed by atoms with Crippen molar-refractivity contribution in [2.24, 2.45) is 0 Å². The van der Waals surface area contributed by atoms with E-state index in [2.05, 4.69) is 10.1 Å². The third-order valence-corrected chi connectivity index (χ3v) is 1.84. The quantitative estimate of drug-likeness (QED) is 0.664. The molecule has 66 valence electrons. The fraction of sp³-hybridized carbons (Fsp3) is 0.111. The molecular formula is C9H8FN3. The van der Waals surface area contributed by atoms with Crippen molar-refractivity contribution in [3.8, 4) is 5.69 Å². The van der Waals surface area contributed by atoms with Crippen molar-refractivity contribution in [3.63, 3.8) is 0 Å². The van der Waals surface area contributed by atoms with Crippen LogP contribution < -0.4 is 0 Å². The SMILES string of the molecule is Cc1ccc(F)cc1-n1cncn1. The van der Waals surface area contributed by atoms with Gasteiger partial charge in [0.1, 0.15) is 18.5 Å². The molecule has 0 aliphatic rings. The van der Waals surface area contributed by atoms with Gasteiger partial charge in [-0.1, -0.05) is 6.07 Å². The van der Waals surface area contributed by atoms with Gasteiger partial charge in [0, 0.05) is 0 Å². The smallest absolute Gasteiger partial charge is 0.138 e. The topological polar surface area (TPSA) is 30.7 Å². The Morgan fingerprint density at radius 3 is 2.92 bits per heavy atom. The van der Waals surface area contributed by atoms with E-state index in [9.17, 15) is 4.39 Å². The molecule has 2 rings (SSSR count). The van der Waals surface area contributed by atoms with Crippen molar-refractivity contribution in [2.45, 2.75) is 6.92 Å². The second-order valence-corrected chi connectivity index (χ2v) is 2.77. The van der Waals surface area contributed by atoms with E-state index in [0.717, 1.165) is 11.3 Å². The molecule has 0 aliphatic heterocycles. The third-order valence-electron chi connectivity index (χ3n) is 1.84. The number of rotatable bonds is 1. The zero-order chi connectivity index (χ0) is 9.26. The van der Waals surface area contributed by atoms with Gasteiger partial charge in [0.05, 0.1) is 5.69 Å². The van der Waals surface area contributed by atoms with Crippen LogP contribution in [0.25, 0.3) is 5.69 Å². The largest absolute Gasteiger partial charge is 0.223 e. The second-order valence-electron chi connectivity index (χ2n) is 2.77. The Morgan fingerprint density at radius 1 is 1.38 bits per heavy atom. The third kappa shape index (κ3) is 1.42. The molecule has 3 nitrogen and oxygen atoms in total. The predicted octanol–water partition coefficient (Wildman–Crippen LogP) is 1.71. The Labute approximate surface area is 74.8 Å². The average molecular weight is 177 g/mol. The monoisotopic (exact) mass is 177 g/mol. The van der Waals surface area contributed by atoms with Crippen LogP contribution in [0.1, 0.15) is 5.56 Å². The van der Waals surface area contributed by atoms with Crippen molar-refractivity contribution in [1.29, 1.82) is 0 Å². The maximum absolute atomic E-state index is 12.9. The van der Waals surface area contributed by atoms with E-state index >= 15 is 0 Å². The number of aryl methyl sites for hydroxylation is 1. The van der Waals surface area contributed by atoms with E-state index < -0.39 is 0 Å². The minimum Gasteiger partial charge on any atom is -0.223 e. The van der Waals surface area contributed by atoms with Crippen molar-refractivity contribution in [3.05, 3.63) is 42.2 Å². The maximum atomic E-state index is 12.9. The highest BCUT2D eigenvalue weighted by molar-refractivity contribution is 5.39. The molecule has 0 atom stereocenters. The summed E-state index contributed by atoms with van der Waals surface area (Å²) in [5, 5.41) is 3.93. The van der Waals surface area contributed by atoms with Gasteiger partial charge < -0.3 is 0 Å². The molecule has 0 unspecified atom stereocenters. The summed E-state index contributed by atoms with van der Waals surface area (Å²) in [6.45, 7) is 1.90. The average Bonchev–Trinajstić information content (AvgIpc) is 2.61. The highest BCUT2D eigenvalue weighted by Crippen LogP contribution is 2.13. The number of hydrogen-bond donors (Lipinski definition) is 0. The van der Waals surface area contributed by atoms with E-state index in [1.54, 1.807) is 17.1 Å². The minimum atomic E-state index is -0.267. The van der Waals surface area contributed by atoms with E-state index in [4.69, 9.17) is 0 Å². The molecule has 1 aromatic heterocycles. The van der Waals surface area contributed by atoms with Gasteiger partial charge in [0.15, 0.2) is 0 Å². The summed E-state index contributed by atoms with van der Waals surface area (Å²) in [4.78, 5) is 3.80. The molecule has 1 aromatic carbocycles. The van der Waals surface area contributed by atoms with E-state index in [1.165, 1.54) is 18.5 Å². The van der Waals surface area contributed by atoms with Crippen LogP contribution in [0.4, 0.5) is 4.39 Å². The Bertz CT molecular complexity index is 409. The molecule has 0 spiro atoms. The van der Waals surface area contributed by atoms with E-state index in [-0.39, 0.29) is 5.82 Å². The number of nitrogens with zero attached hydrogens (tertiary/aromatic N) is 3. The van der Waals surface area contributed by atoms with Crippen molar-refractivity contribution in [2.75, 3.05) is 0 Å². The first-order valence-electron chi connectivity index (χ1n) is 3.88. The maximum Gasteiger partial charge on any atom is 0.138 e. The van der Waals surface area contributed by atoms with Gasteiger partial charge in [0.25, 0.3) is 0 Å². The first-order chi connectivity index (χ1) is 6.27. The molecule has 13 heavy (non-hydrogen) atoms. The van der Waals surface area contributed by atoms with Gasteiger partial charge in [-0.25, -0.2) is 14.1 Å². The Kier molecular flexibility index (Phi) is 1.81. The molecular weight excluding hydrogens is 169 g/mol. The summed E-state index contributed by atoms with van der Waals surface area (Å²) >= 11 is 0. The van der Waals surface area contributed by atoms with Crippen LogP contribution in [-0.2, 0) is 0 Å². The standard InChI is InChI=1S/C9H8FN3/c1-7-2-3-8(10)4-9(7)13-6-11-5-12-13/h2-6H,1H3. The van der Waals surface area contributed by atoms with Crippen LogP contribution in [0, 0.1) is 12.7 Å². The molecule has 4 heteroatoms.